The molecule has 2 aliphatic heterocycles. The lowest BCUT2D eigenvalue weighted by molar-refractivity contribution is -0.137. The summed E-state index contributed by atoms with van der Waals surface area (Å²) in [5, 5.41) is 3.34. The van der Waals surface area contributed by atoms with Crippen LogP contribution in [0.2, 0.25) is 0 Å². The predicted octanol–water partition coefficient (Wildman–Crippen LogP) is 3.17. The Hall–Kier alpha value is -0.820. The van der Waals surface area contributed by atoms with E-state index >= 15 is 0 Å². The molecular weight excluding hydrogens is 339 g/mol. The van der Waals surface area contributed by atoms with E-state index in [2.05, 4.69) is 15.1 Å². The minimum atomic E-state index is -4.27. The van der Waals surface area contributed by atoms with Gasteiger partial charge in [0.05, 0.1) is 5.56 Å². The minimum absolute atomic E-state index is 0. The van der Waals surface area contributed by atoms with Crippen molar-refractivity contribution in [3.8, 4) is 0 Å². The lowest BCUT2D eigenvalue weighted by atomic mass is 10.0. The molecule has 2 aliphatic rings. The first-order valence-electron chi connectivity index (χ1n) is 8.38. The number of nitrogens with one attached hydrogen (secondary N) is 1. The number of benzene rings is 1. The number of piperazine rings is 1. The molecule has 0 spiro atoms. The first-order valence-corrected chi connectivity index (χ1v) is 8.38. The molecule has 1 aromatic carbocycles. The molecule has 3 rings (SSSR count). The van der Waals surface area contributed by atoms with Crippen LogP contribution in [0.3, 0.4) is 0 Å². The number of likely N-dealkylation sites (tertiary alicyclic amines) is 1. The van der Waals surface area contributed by atoms with Gasteiger partial charge in [-0.05, 0) is 43.6 Å². The highest BCUT2D eigenvalue weighted by Gasteiger charge is 2.31. The molecule has 1 unspecified atom stereocenters. The highest BCUT2D eigenvalue weighted by atomic mass is 35.5. The fourth-order valence-corrected chi connectivity index (χ4v) is 3.53. The Morgan fingerprint density at radius 2 is 1.54 bits per heavy atom. The number of halogens is 4. The van der Waals surface area contributed by atoms with Crippen LogP contribution in [0, 0.1) is 0 Å². The Labute approximate surface area is 147 Å². The molecule has 1 N–H and O–H groups in total. The summed E-state index contributed by atoms with van der Waals surface area (Å²) in [6.45, 7) is 6.88. The first kappa shape index (κ1) is 19.5. The molecule has 1 aromatic rings. The average Bonchev–Trinajstić information content (AvgIpc) is 3.06. The molecule has 0 radical (unpaired) electrons. The fourth-order valence-electron chi connectivity index (χ4n) is 3.53. The normalized spacial score (nSPS) is 21.5. The predicted molar refractivity (Wildman–Crippen MR) is 91.5 cm³/mol. The van der Waals surface area contributed by atoms with E-state index in [4.69, 9.17) is 0 Å². The topological polar surface area (TPSA) is 18.5 Å². The minimum Gasteiger partial charge on any atom is -0.314 e. The van der Waals surface area contributed by atoms with Crippen LogP contribution >= 0.6 is 12.4 Å². The van der Waals surface area contributed by atoms with Crippen molar-refractivity contribution in [1.82, 2.24) is 15.1 Å². The summed E-state index contributed by atoms with van der Waals surface area (Å²) >= 11 is 0. The van der Waals surface area contributed by atoms with Crippen molar-refractivity contribution in [3.05, 3.63) is 35.4 Å². The van der Waals surface area contributed by atoms with E-state index in [1.54, 1.807) is 12.1 Å². The van der Waals surface area contributed by atoms with Gasteiger partial charge in [-0.25, -0.2) is 0 Å². The maximum absolute atomic E-state index is 12.8. The van der Waals surface area contributed by atoms with Crippen LogP contribution in [-0.4, -0.2) is 55.6 Å². The summed E-state index contributed by atoms with van der Waals surface area (Å²) in [4.78, 5) is 4.84. The number of rotatable bonds is 4. The number of alkyl halides is 3. The maximum Gasteiger partial charge on any atom is 0.416 e. The SMILES string of the molecule is Cl.FC(F)(F)c1ccc(C(CN2CCCC2)N2CCNCC2)cc1. The van der Waals surface area contributed by atoms with Crippen molar-refractivity contribution in [2.24, 2.45) is 0 Å². The molecule has 7 heteroatoms. The standard InChI is InChI=1S/C17H24F3N3.ClH/c18-17(19,20)15-5-3-14(4-6-15)16(13-22-9-1-2-10-22)23-11-7-21-8-12-23;/h3-6,16,21H,1-2,7-13H2;1H. The zero-order valence-corrected chi connectivity index (χ0v) is 14.5. The van der Waals surface area contributed by atoms with Gasteiger partial charge >= 0.3 is 6.18 Å². The third-order valence-corrected chi connectivity index (χ3v) is 4.84. The van der Waals surface area contributed by atoms with Crippen molar-refractivity contribution < 1.29 is 13.2 Å². The molecule has 24 heavy (non-hydrogen) atoms. The Morgan fingerprint density at radius 1 is 0.958 bits per heavy atom. The smallest absolute Gasteiger partial charge is 0.314 e. The van der Waals surface area contributed by atoms with E-state index in [1.165, 1.54) is 25.0 Å². The lowest BCUT2D eigenvalue weighted by Crippen LogP contribution is -2.47. The largest absolute Gasteiger partial charge is 0.416 e. The molecule has 2 saturated heterocycles. The van der Waals surface area contributed by atoms with Gasteiger partial charge < -0.3 is 10.2 Å². The molecular formula is C17H25ClF3N3. The van der Waals surface area contributed by atoms with Gasteiger partial charge in [-0.1, -0.05) is 12.1 Å². The highest BCUT2D eigenvalue weighted by molar-refractivity contribution is 5.85. The van der Waals surface area contributed by atoms with Crippen LogP contribution in [-0.2, 0) is 6.18 Å². The molecule has 0 saturated carbocycles. The Balaban J connectivity index is 0.00000208. The van der Waals surface area contributed by atoms with Crippen LogP contribution in [0.25, 0.3) is 0 Å². The molecule has 2 heterocycles. The van der Waals surface area contributed by atoms with E-state index < -0.39 is 11.7 Å². The second-order valence-electron chi connectivity index (χ2n) is 6.43. The summed E-state index contributed by atoms with van der Waals surface area (Å²) < 4.78 is 38.3. The summed E-state index contributed by atoms with van der Waals surface area (Å²) in [7, 11) is 0. The van der Waals surface area contributed by atoms with Gasteiger partial charge in [0.2, 0.25) is 0 Å². The number of nitrogens with zero attached hydrogens (tertiary/aromatic N) is 2. The van der Waals surface area contributed by atoms with Gasteiger partial charge in [-0.2, -0.15) is 13.2 Å². The molecule has 1 atom stereocenters. The zero-order chi connectivity index (χ0) is 16.3. The molecule has 136 valence electrons. The lowest BCUT2D eigenvalue weighted by Gasteiger charge is -2.37. The van der Waals surface area contributed by atoms with E-state index in [-0.39, 0.29) is 18.4 Å². The quantitative estimate of drug-likeness (QED) is 0.886. The van der Waals surface area contributed by atoms with Crippen LogP contribution in [0.5, 0.6) is 0 Å². The van der Waals surface area contributed by atoms with E-state index in [0.29, 0.717) is 0 Å². The van der Waals surface area contributed by atoms with Gasteiger partial charge in [0, 0.05) is 38.8 Å². The second-order valence-corrected chi connectivity index (χ2v) is 6.43. The highest BCUT2D eigenvalue weighted by Crippen LogP contribution is 2.31. The first-order chi connectivity index (χ1) is 11.0. The van der Waals surface area contributed by atoms with Crippen LogP contribution in [0.4, 0.5) is 13.2 Å². The summed E-state index contributed by atoms with van der Waals surface area (Å²) in [5.41, 5.74) is 0.424. The summed E-state index contributed by atoms with van der Waals surface area (Å²) in [6, 6.07) is 5.93. The molecule has 0 aliphatic carbocycles. The third-order valence-electron chi connectivity index (χ3n) is 4.84. The van der Waals surface area contributed by atoms with Gasteiger partial charge in [0.1, 0.15) is 0 Å². The van der Waals surface area contributed by atoms with E-state index in [9.17, 15) is 13.2 Å². The maximum atomic E-state index is 12.8. The van der Waals surface area contributed by atoms with Crippen molar-refractivity contribution in [2.75, 3.05) is 45.8 Å². The van der Waals surface area contributed by atoms with Gasteiger partial charge in [-0.15, -0.1) is 12.4 Å². The van der Waals surface area contributed by atoms with Crippen molar-refractivity contribution in [1.29, 1.82) is 0 Å². The second kappa shape index (κ2) is 8.52. The number of hydrogen-bond acceptors (Lipinski definition) is 3. The number of hydrogen-bond donors (Lipinski definition) is 1. The fraction of sp³-hybridized carbons (Fsp3) is 0.647. The Kier molecular flexibility index (Phi) is 6.92. The molecule has 0 amide bonds. The van der Waals surface area contributed by atoms with Gasteiger partial charge in [0.25, 0.3) is 0 Å². The monoisotopic (exact) mass is 363 g/mol. The Bertz CT molecular complexity index is 495. The van der Waals surface area contributed by atoms with Crippen LogP contribution in [0.1, 0.15) is 30.0 Å². The third kappa shape index (κ3) is 4.85. The van der Waals surface area contributed by atoms with E-state index in [1.807, 2.05) is 0 Å². The Morgan fingerprint density at radius 3 is 2.08 bits per heavy atom. The molecule has 2 fully saturated rings. The summed E-state index contributed by atoms with van der Waals surface area (Å²) in [5.74, 6) is 0. The zero-order valence-electron chi connectivity index (χ0n) is 13.7. The van der Waals surface area contributed by atoms with Crippen LogP contribution < -0.4 is 5.32 Å². The van der Waals surface area contributed by atoms with Crippen molar-refractivity contribution in [2.45, 2.75) is 25.1 Å². The molecule has 0 bridgehead atoms. The van der Waals surface area contributed by atoms with E-state index in [0.717, 1.165) is 51.4 Å². The summed E-state index contributed by atoms with van der Waals surface area (Å²) in [6.07, 6.45) is -1.82. The van der Waals surface area contributed by atoms with Crippen LogP contribution in [0.15, 0.2) is 24.3 Å². The van der Waals surface area contributed by atoms with Gasteiger partial charge in [-0.3, -0.25) is 4.90 Å². The van der Waals surface area contributed by atoms with Gasteiger partial charge in [0.15, 0.2) is 0 Å². The average molecular weight is 364 g/mol. The van der Waals surface area contributed by atoms with Crippen molar-refractivity contribution >= 4 is 12.4 Å². The molecule has 0 aromatic heterocycles. The van der Waals surface area contributed by atoms with Crippen molar-refractivity contribution in [3.63, 3.8) is 0 Å². The molecule has 3 nitrogen and oxygen atoms in total.